The number of benzene rings is 3. The van der Waals surface area contributed by atoms with Crippen molar-refractivity contribution in [2.24, 2.45) is 0 Å². The van der Waals surface area contributed by atoms with Gasteiger partial charge >= 0.3 is 0 Å². The summed E-state index contributed by atoms with van der Waals surface area (Å²) in [4.78, 5) is 27.6. The fraction of sp³-hybridized carbons (Fsp3) is 0.231. The minimum Gasteiger partial charge on any atom is -0.380 e. The molecule has 0 saturated carbocycles. The SMILES string of the molecule is CCN(C(=O)c1cccc(COC)c1)c1cccc(NC(=O)c2cccc(COC)c2)c1. The number of ether oxygens (including phenoxy) is 2. The van der Waals surface area contributed by atoms with E-state index in [0.29, 0.717) is 42.3 Å². The quantitative estimate of drug-likeness (QED) is 0.522. The maximum absolute atomic E-state index is 13.2. The molecule has 0 fully saturated rings. The molecule has 3 aromatic rings. The van der Waals surface area contributed by atoms with Crippen molar-refractivity contribution in [3.05, 3.63) is 95.1 Å². The first-order chi connectivity index (χ1) is 15.5. The molecule has 0 bridgehead atoms. The van der Waals surface area contributed by atoms with Crippen LogP contribution in [0.15, 0.2) is 72.8 Å². The predicted molar refractivity (Wildman–Crippen MR) is 126 cm³/mol. The van der Waals surface area contributed by atoms with Crippen LogP contribution in [-0.2, 0) is 22.7 Å². The second-order valence-corrected chi connectivity index (χ2v) is 7.32. The lowest BCUT2D eigenvalue weighted by Gasteiger charge is -2.22. The molecule has 32 heavy (non-hydrogen) atoms. The Morgan fingerprint density at radius 2 is 1.41 bits per heavy atom. The summed E-state index contributed by atoms with van der Waals surface area (Å²) in [5, 5.41) is 2.92. The first-order valence-corrected chi connectivity index (χ1v) is 10.4. The fourth-order valence-corrected chi connectivity index (χ4v) is 3.48. The molecule has 3 aromatic carbocycles. The fourth-order valence-electron chi connectivity index (χ4n) is 3.48. The van der Waals surface area contributed by atoms with Gasteiger partial charge in [-0.2, -0.15) is 0 Å². The average Bonchev–Trinajstić information content (AvgIpc) is 2.80. The van der Waals surface area contributed by atoms with Crippen molar-refractivity contribution in [1.29, 1.82) is 0 Å². The molecule has 166 valence electrons. The second kappa shape index (κ2) is 11.2. The number of nitrogens with zero attached hydrogens (tertiary/aromatic N) is 1. The summed E-state index contributed by atoms with van der Waals surface area (Å²) in [6.07, 6.45) is 0. The Balaban J connectivity index is 1.79. The van der Waals surface area contributed by atoms with E-state index < -0.39 is 0 Å². The van der Waals surface area contributed by atoms with Crippen LogP contribution in [0, 0.1) is 0 Å². The molecule has 0 atom stereocenters. The maximum atomic E-state index is 13.2. The van der Waals surface area contributed by atoms with Gasteiger partial charge in [0.05, 0.1) is 13.2 Å². The van der Waals surface area contributed by atoms with Crippen LogP contribution < -0.4 is 10.2 Å². The van der Waals surface area contributed by atoms with Gasteiger partial charge < -0.3 is 19.7 Å². The van der Waals surface area contributed by atoms with Gasteiger partial charge in [0, 0.05) is 43.3 Å². The molecule has 0 saturated heterocycles. The Kier molecular flexibility index (Phi) is 8.14. The van der Waals surface area contributed by atoms with Crippen LogP contribution >= 0.6 is 0 Å². The Labute approximate surface area is 188 Å². The van der Waals surface area contributed by atoms with Crippen LogP contribution in [0.3, 0.4) is 0 Å². The molecule has 1 N–H and O–H groups in total. The van der Waals surface area contributed by atoms with E-state index in [1.54, 1.807) is 49.5 Å². The van der Waals surface area contributed by atoms with E-state index in [0.717, 1.165) is 11.1 Å². The molecule has 6 heteroatoms. The maximum Gasteiger partial charge on any atom is 0.258 e. The first-order valence-electron chi connectivity index (χ1n) is 10.4. The standard InChI is InChI=1S/C26H28N2O4/c1-4-28(26(30)22-11-6-9-20(15-22)18-32-3)24-13-7-12-23(16-24)27-25(29)21-10-5-8-19(14-21)17-31-2/h5-16H,4,17-18H2,1-3H3,(H,27,29). The van der Waals surface area contributed by atoms with Crippen LogP contribution in [0.25, 0.3) is 0 Å². The molecular formula is C26H28N2O4. The minimum absolute atomic E-state index is 0.110. The summed E-state index contributed by atoms with van der Waals surface area (Å²) >= 11 is 0. The van der Waals surface area contributed by atoms with E-state index in [9.17, 15) is 9.59 Å². The molecule has 6 nitrogen and oxygen atoms in total. The third kappa shape index (κ3) is 5.81. The first kappa shape index (κ1) is 23.2. The summed E-state index contributed by atoms with van der Waals surface area (Å²) < 4.78 is 10.3. The summed E-state index contributed by atoms with van der Waals surface area (Å²) in [7, 11) is 3.24. The van der Waals surface area contributed by atoms with Crippen LogP contribution in [0.4, 0.5) is 11.4 Å². The summed E-state index contributed by atoms with van der Waals surface area (Å²) in [5.74, 6) is -0.331. The average molecular weight is 433 g/mol. The zero-order valence-corrected chi connectivity index (χ0v) is 18.6. The third-order valence-electron chi connectivity index (χ3n) is 4.96. The number of methoxy groups -OCH3 is 2. The smallest absolute Gasteiger partial charge is 0.258 e. The molecule has 0 aliphatic carbocycles. The van der Waals surface area contributed by atoms with Crippen LogP contribution in [-0.4, -0.2) is 32.6 Å². The molecule has 0 aliphatic rings. The number of hydrogen-bond donors (Lipinski definition) is 1. The van der Waals surface area contributed by atoms with E-state index in [4.69, 9.17) is 9.47 Å². The zero-order chi connectivity index (χ0) is 22.9. The van der Waals surface area contributed by atoms with Gasteiger partial charge in [0.15, 0.2) is 0 Å². The Morgan fingerprint density at radius 1 is 0.812 bits per heavy atom. The second-order valence-electron chi connectivity index (χ2n) is 7.32. The van der Waals surface area contributed by atoms with Crippen molar-refractivity contribution in [2.45, 2.75) is 20.1 Å². The molecule has 2 amide bonds. The zero-order valence-electron chi connectivity index (χ0n) is 18.6. The molecule has 0 radical (unpaired) electrons. The lowest BCUT2D eigenvalue weighted by Crippen LogP contribution is -2.30. The van der Waals surface area contributed by atoms with Gasteiger partial charge in [0.2, 0.25) is 0 Å². The Hall–Kier alpha value is -3.48. The number of carbonyl (C=O) groups excluding carboxylic acids is 2. The van der Waals surface area contributed by atoms with E-state index >= 15 is 0 Å². The molecule has 0 spiro atoms. The van der Waals surface area contributed by atoms with Gasteiger partial charge in [-0.05, 0) is 60.5 Å². The minimum atomic E-state index is -0.221. The highest BCUT2D eigenvalue weighted by Gasteiger charge is 2.17. The van der Waals surface area contributed by atoms with Gasteiger partial charge in [0.1, 0.15) is 0 Å². The summed E-state index contributed by atoms with van der Waals surface area (Å²) in [6.45, 7) is 3.30. The van der Waals surface area contributed by atoms with Crippen LogP contribution in [0.1, 0.15) is 38.8 Å². The Morgan fingerprint density at radius 3 is 2.03 bits per heavy atom. The van der Waals surface area contributed by atoms with Crippen molar-refractivity contribution in [1.82, 2.24) is 0 Å². The number of carbonyl (C=O) groups is 2. The normalized spacial score (nSPS) is 10.6. The van der Waals surface area contributed by atoms with E-state index in [1.807, 2.05) is 49.4 Å². The third-order valence-corrected chi connectivity index (χ3v) is 4.96. The van der Waals surface area contributed by atoms with Gasteiger partial charge in [-0.1, -0.05) is 30.3 Å². The molecule has 0 unspecified atom stereocenters. The van der Waals surface area contributed by atoms with Gasteiger partial charge in [0.25, 0.3) is 11.8 Å². The number of anilines is 2. The van der Waals surface area contributed by atoms with Crippen LogP contribution in [0.2, 0.25) is 0 Å². The van der Waals surface area contributed by atoms with Crippen molar-refractivity contribution >= 4 is 23.2 Å². The van der Waals surface area contributed by atoms with Crippen molar-refractivity contribution in [2.75, 3.05) is 31.0 Å². The van der Waals surface area contributed by atoms with Gasteiger partial charge in [-0.25, -0.2) is 0 Å². The molecule has 0 aliphatic heterocycles. The van der Waals surface area contributed by atoms with Gasteiger partial charge in [-0.3, -0.25) is 9.59 Å². The topological polar surface area (TPSA) is 67.9 Å². The lowest BCUT2D eigenvalue weighted by atomic mass is 10.1. The number of rotatable bonds is 9. The molecule has 0 heterocycles. The van der Waals surface area contributed by atoms with Crippen molar-refractivity contribution < 1.29 is 19.1 Å². The van der Waals surface area contributed by atoms with E-state index in [2.05, 4.69) is 5.32 Å². The van der Waals surface area contributed by atoms with Crippen molar-refractivity contribution in [3.8, 4) is 0 Å². The highest BCUT2D eigenvalue weighted by molar-refractivity contribution is 6.07. The predicted octanol–water partition coefficient (Wildman–Crippen LogP) is 4.90. The highest BCUT2D eigenvalue weighted by Crippen LogP contribution is 2.22. The molecule has 3 rings (SSSR count). The Bertz CT molecular complexity index is 1080. The highest BCUT2D eigenvalue weighted by atomic mass is 16.5. The largest absolute Gasteiger partial charge is 0.380 e. The van der Waals surface area contributed by atoms with Gasteiger partial charge in [-0.15, -0.1) is 0 Å². The summed E-state index contributed by atoms with van der Waals surface area (Å²) in [5.41, 5.74) is 4.32. The van der Waals surface area contributed by atoms with Crippen LogP contribution in [0.5, 0.6) is 0 Å². The summed E-state index contributed by atoms with van der Waals surface area (Å²) in [6, 6.07) is 22.0. The number of amides is 2. The van der Waals surface area contributed by atoms with E-state index in [1.165, 1.54) is 0 Å². The number of hydrogen-bond acceptors (Lipinski definition) is 4. The molecular weight excluding hydrogens is 404 g/mol. The number of nitrogens with one attached hydrogen (secondary N) is 1. The monoisotopic (exact) mass is 432 g/mol. The lowest BCUT2D eigenvalue weighted by molar-refractivity contribution is 0.0986. The molecule has 0 aromatic heterocycles. The van der Waals surface area contributed by atoms with E-state index in [-0.39, 0.29) is 11.8 Å². The van der Waals surface area contributed by atoms with Crippen molar-refractivity contribution in [3.63, 3.8) is 0 Å².